The zero-order valence-electron chi connectivity index (χ0n) is 14.2. The number of ether oxygens (including phenoxy) is 2. The van der Waals surface area contributed by atoms with E-state index in [-0.39, 0.29) is 11.9 Å². The summed E-state index contributed by atoms with van der Waals surface area (Å²) in [4.78, 5) is 24.9. The summed E-state index contributed by atoms with van der Waals surface area (Å²) in [5.74, 6) is -0.377. The molecule has 0 aliphatic rings. The Morgan fingerprint density at radius 3 is 2.14 bits per heavy atom. The normalized spacial score (nSPS) is 12.1. The number of nitrogens with zero attached hydrogens (tertiary/aromatic N) is 1. The summed E-state index contributed by atoms with van der Waals surface area (Å²) in [5, 5.41) is 0. The molecule has 0 aliphatic heterocycles. The maximum absolute atomic E-state index is 12.1. The molecule has 1 atom stereocenters. The first-order valence-corrected chi connectivity index (χ1v) is 7.93. The van der Waals surface area contributed by atoms with Gasteiger partial charge in [0.25, 0.3) is 0 Å². The van der Waals surface area contributed by atoms with Crippen molar-refractivity contribution in [3.63, 3.8) is 0 Å². The van der Waals surface area contributed by atoms with Crippen LogP contribution in [-0.2, 0) is 14.3 Å². The van der Waals surface area contributed by atoms with Gasteiger partial charge in [0, 0.05) is 7.05 Å². The molecule has 0 aromatic carbocycles. The maximum atomic E-state index is 12.1. The lowest BCUT2D eigenvalue weighted by atomic mass is 10.0. The van der Waals surface area contributed by atoms with E-state index in [4.69, 9.17) is 4.74 Å². The summed E-state index contributed by atoms with van der Waals surface area (Å²) in [6, 6.07) is -0.599. The third-order valence-corrected chi connectivity index (χ3v) is 3.50. The number of esters is 1. The lowest BCUT2D eigenvalue weighted by molar-refractivity contribution is -0.150. The maximum Gasteiger partial charge on any atom is 0.409 e. The fourth-order valence-electron chi connectivity index (χ4n) is 2.28. The Labute approximate surface area is 129 Å². The van der Waals surface area contributed by atoms with E-state index in [0.29, 0.717) is 6.61 Å². The van der Waals surface area contributed by atoms with Crippen LogP contribution in [-0.4, -0.2) is 43.8 Å². The Hall–Kier alpha value is -1.26. The van der Waals surface area contributed by atoms with E-state index in [9.17, 15) is 9.59 Å². The van der Waals surface area contributed by atoms with Crippen molar-refractivity contribution in [2.24, 2.45) is 5.92 Å². The van der Waals surface area contributed by atoms with Crippen LogP contribution in [0.3, 0.4) is 0 Å². The molecule has 1 amide bonds. The van der Waals surface area contributed by atoms with Gasteiger partial charge in [0.1, 0.15) is 6.04 Å². The molecule has 0 bridgehead atoms. The Morgan fingerprint density at radius 1 is 1.05 bits per heavy atom. The van der Waals surface area contributed by atoms with Gasteiger partial charge in [0.15, 0.2) is 0 Å². The highest BCUT2D eigenvalue weighted by Crippen LogP contribution is 2.13. The first-order chi connectivity index (χ1) is 9.95. The molecule has 21 heavy (non-hydrogen) atoms. The second-order valence-corrected chi connectivity index (χ2v) is 5.71. The van der Waals surface area contributed by atoms with Crippen molar-refractivity contribution in [2.45, 2.75) is 65.3 Å². The predicted octanol–water partition coefficient (Wildman–Crippen LogP) is 3.61. The van der Waals surface area contributed by atoms with Crippen LogP contribution in [0, 0.1) is 5.92 Å². The van der Waals surface area contributed by atoms with E-state index < -0.39 is 12.1 Å². The number of unbranched alkanes of at least 4 members (excludes halogenated alkanes) is 5. The van der Waals surface area contributed by atoms with Gasteiger partial charge in [-0.15, -0.1) is 0 Å². The van der Waals surface area contributed by atoms with Crippen LogP contribution < -0.4 is 0 Å². The number of likely N-dealkylation sites (N-methyl/N-ethyl adjacent to an activating group) is 1. The summed E-state index contributed by atoms with van der Waals surface area (Å²) < 4.78 is 9.95. The van der Waals surface area contributed by atoms with Gasteiger partial charge in [-0.3, -0.25) is 4.90 Å². The highest BCUT2D eigenvalue weighted by molar-refractivity contribution is 5.81. The molecule has 5 heteroatoms. The van der Waals surface area contributed by atoms with Gasteiger partial charge in [-0.25, -0.2) is 9.59 Å². The molecule has 0 N–H and O–H groups in total. The van der Waals surface area contributed by atoms with Crippen LogP contribution in [0.2, 0.25) is 0 Å². The molecule has 0 radical (unpaired) electrons. The molecular weight excluding hydrogens is 270 g/mol. The van der Waals surface area contributed by atoms with Crippen molar-refractivity contribution in [1.82, 2.24) is 4.90 Å². The summed E-state index contributed by atoms with van der Waals surface area (Å²) in [7, 11) is 2.86. The smallest absolute Gasteiger partial charge is 0.409 e. The molecule has 0 rings (SSSR count). The van der Waals surface area contributed by atoms with Gasteiger partial charge in [0.2, 0.25) is 0 Å². The van der Waals surface area contributed by atoms with E-state index in [0.717, 1.165) is 12.8 Å². The average Bonchev–Trinajstić information content (AvgIpc) is 2.45. The third-order valence-electron chi connectivity index (χ3n) is 3.50. The fourth-order valence-corrected chi connectivity index (χ4v) is 2.28. The van der Waals surface area contributed by atoms with Gasteiger partial charge in [-0.2, -0.15) is 0 Å². The van der Waals surface area contributed by atoms with Crippen LogP contribution >= 0.6 is 0 Å². The number of carbonyl (C=O) groups is 2. The fraction of sp³-hybridized carbons (Fsp3) is 0.875. The van der Waals surface area contributed by atoms with Crippen molar-refractivity contribution < 1.29 is 19.1 Å². The molecule has 0 saturated carbocycles. The quantitative estimate of drug-likeness (QED) is 0.457. The Morgan fingerprint density at radius 2 is 1.62 bits per heavy atom. The largest absolute Gasteiger partial charge is 0.464 e. The molecule has 124 valence electrons. The Kier molecular flexibility index (Phi) is 10.7. The highest BCUT2D eigenvalue weighted by Gasteiger charge is 2.31. The molecular formula is C16H31NO4. The van der Waals surface area contributed by atoms with Gasteiger partial charge in [0.05, 0.1) is 13.7 Å². The van der Waals surface area contributed by atoms with Crippen LogP contribution in [0.15, 0.2) is 0 Å². The number of hydrogen-bond acceptors (Lipinski definition) is 4. The predicted molar refractivity (Wildman–Crippen MR) is 83.1 cm³/mol. The minimum Gasteiger partial charge on any atom is -0.464 e. The Bertz CT molecular complexity index is 305. The van der Waals surface area contributed by atoms with E-state index in [1.54, 1.807) is 7.05 Å². The number of carbonyl (C=O) groups excluding carboxylic acids is 2. The zero-order chi connectivity index (χ0) is 16.3. The molecule has 0 heterocycles. The summed E-state index contributed by atoms with van der Waals surface area (Å²) in [6.07, 6.45) is 6.34. The third kappa shape index (κ3) is 7.93. The van der Waals surface area contributed by atoms with Crippen molar-refractivity contribution in [2.75, 3.05) is 20.8 Å². The lowest BCUT2D eigenvalue weighted by Crippen LogP contribution is -2.46. The molecule has 0 fully saturated rings. The van der Waals surface area contributed by atoms with Crippen molar-refractivity contribution in [3.05, 3.63) is 0 Å². The van der Waals surface area contributed by atoms with Crippen molar-refractivity contribution in [3.8, 4) is 0 Å². The molecule has 0 aromatic heterocycles. The summed E-state index contributed by atoms with van der Waals surface area (Å²) >= 11 is 0. The number of amides is 1. The number of methoxy groups -OCH3 is 1. The zero-order valence-corrected chi connectivity index (χ0v) is 14.2. The lowest BCUT2D eigenvalue weighted by Gasteiger charge is -2.28. The number of rotatable bonds is 10. The standard InChI is InChI=1S/C16H31NO4/c1-6-7-8-9-10-11-12-21-15(18)14(13(2)3)17(4)16(19)20-5/h13-14H,6-12H2,1-5H3. The molecule has 1 unspecified atom stereocenters. The molecule has 5 nitrogen and oxygen atoms in total. The molecule has 0 aliphatic carbocycles. The van der Waals surface area contributed by atoms with Crippen LogP contribution in [0.25, 0.3) is 0 Å². The van der Waals surface area contributed by atoms with Crippen molar-refractivity contribution >= 4 is 12.1 Å². The van der Waals surface area contributed by atoms with E-state index in [1.165, 1.54) is 37.7 Å². The monoisotopic (exact) mass is 301 g/mol. The highest BCUT2D eigenvalue weighted by atomic mass is 16.6. The molecule has 0 saturated heterocycles. The van der Waals surface area contributed by atoms with Gasteiger partial charge in [-0.05, 0) is 12.3 Å². The second kappa shape index (κ2) is 11.4. The van der Waals surface area contributed by atoms with Gasteiger partial charge in [-0.1, -0.05) is 52.9 Å². The van der Waals surface area contributed by atoms with E-state index in [1.807, 2.05) is 13.8 Å². The second-order valence-electron chi connectivity index (χ2n) is 5.71. The van der Waals surface area contributed by atoms with Gasteiger partial charge < -0.3 is 9.47 Å². The van der Waals surface area contributed by atoms with Crippen LogP contribution in [0.4, 0.5) is 4.79 Å². The van der Waals surface area contributed by atoms with Crippen LogP contribution in [0.1, 0.15) is 59.3 Å². The first kappa shape index (κ1) is 19.7. The number of hydrogen-bond donors (Lipinski definition) is 0. The summed E-state index contributed by atoms with van der Waals surface area (Å²) in [5.41, 5.74) is 0. The molecule has 0 spiro atoms. The van der Waals surface area contributed by atoms with E-state index in [2.05, 4.69) is 11.7 Å². The Balaban J connectivity index is 4.11. The van der Waals surface area contributed by atoms with Gasteiger partial charge >= 0.3 is 12.1 Å². The minimum atomic E-state index is -0.599. The molecule has 0 aromatic rings. The average molecular weight is 301 g/mol. The van der Waals surface area contributed by atoms with E-state index >= 15 is 0 Å². The summed E-state index contributed by atoms with van der Waals surface area (Å²) in [6.45, 7) is 6.38. The topological polar surface area (TPSA) is 55.8 Å². The SMILES string of the molecule is CCCCCCCCOC(=O)C(C(C)C)N(C)C(=O)OC. The van der Waals surface area contributed by atoms with Crippen molar-refractivity contribution in [1.29, 1.82) is 0 Å². The van der Waals surface area contributed by atoms with Crippen LogP contribution in [0.5, 0.6) is 0 Å². The minimum absolute atomic E-state index is 0.0221. The first-order valence-electron chi connectivity index (χ1n) is 7.93.